The highest BCUT2D eigenvalue weighted by Gasteiger charge is 2.19. The van der Waals surface area contributed by atoms with Crippen LogP contribution in [0.1, 0.15) is 5.56 Å². The van der Waals surface area contributed by atoms with Crippen molar-refractivity contribution >= 4 is 18.0 Å². The van der Waals surface area contributed by atoms with Crippen LogP contribution in [-0.2, 0) is 0 Å². The second-order valence-corrected chi connectivity index (χ2v) is 8.59. The monoisotopic (exact) mass is 226 g/mol. The van der Waals surface area contributed by atoms with E-state index >= 15 is 0 Å². The maximum Gasteiger partial charge on any atom is -0.0102 e. The third kappa shape index (κ3) is 1.37. The fourth-order valence-electron chi connectivity index (χ4n) is 2.48. The molecular weight excluding hydrogens is 211 g/mol. The molecule has 0 unspecified atom stereocenters. The van der Waals surface area contributed by atoms with E-state index in [1.165, 1.54) is 22.0 Å². The molecule has 0 amide bonds. The van der Waals surface area contributed by atoms with E-state index in [2.05, 4.69) is 67.7 Å². The summed E-state index contributed by atoms with van der Waals surface area (Å²) < 4.78 is 0. The first kappa shape index (κ1) is 9.93. The van der Waals surface area contributed by atoms with Gasteiger partial charge < -0.3 is 0 Å². The van der Waals surface area contributed by atoms with Gasteiger partial charge in [-0.1, -0.05) is 61.2 Å². The molecule has 0 spiro atoms. The van der Waals surface area contributed by atoms with Gasteiger partial charge in [-0.15, -0.1) is 0 Å². The third-order valence-electron chi connectivity index (χ3n) is 3.24. The van der Waals surface area contributed by atoms with Crippen molar-refractivity contribution in [2.75, 3.05) is 13.3 Å². The second-order valence-electron chi connectivity index (χ2n) is 4.77. The Labute approximate surface area is 96.9 Å². The molecule has 0 saturated heterocycles. The van der Waals surface area contributed by atoms with Crippen LogP contribution in [0.5, 0.6) is 0 Å². The van der Waals surface area contributed by atoms with Crippen molar-refractivity contribution in [2.45, 2.75) is 0 Å². The van der Waals surface area contributed by atoms with Gasteiger partial charge in [0.25, 0.3) is 0 Å². The van der Waals surface area contributed by atoms with E-state index in [0.717, 1.165) is 0 Å². The Morgan fingerprint density at radius 2 is 1.38 bits per heavy atom. The van der Waals surface area contributed by atoms with E-state index in [1.54, 1.807) is 0 Å². The molecule has 0 bridgehead atoms. The predicted octanol–water partition coefficient (Wildman–Crippen LogP) is 3.42. The molecule has 0 saturated carbocycles. The molecule has 1 aliphatic rings. The molecule has 0 radical (unpaired) electrons. The summed E-state index contributed by atoms with van der Waals surface area (Å²) in [6.07, 6.45) is 0. The highest BCUT2D eigenvalue weighted by Crippen LogP contribution is 2.45. The number of hydrogen-bond donors (Lipinski definition) is 0. The molecule has 16 heavy (non-hydrogen) atoms. The third-order valence-corrected chi connectivity index (χ3v) is 5.79. The minimum atomic E-state index is -1.08. The van der Waals surface area contributed by atoms with Crippen molar-refractivity contribution in [1.82, 2.24) is 0 Å². The van der Waals surface area contributed by atoms with Crippen molar-refractivity contribution in [3.63, 3.8) is 0 Å². The fraction of sp³-hybridized carbons (Fsp3) is 0.133. The summed E-state index contributed by atoms with van der Waals surface area (Å²) in [7, 11) is 0. The minimum Gasteiger partial charge on any atom is -0.0819 e. The molecule has 80 valence electrons. The Kier molecular flexibility index (Phi) is 2.09. The molecule has 0 nitrogen and oxygen atoms in total. The van der Waals surface area contributed by atoms with Crippen LogP contribution in [0.25, 0.3) is 11.1 Å². The lowest BCUT2D eigenvalue weighted by molar-refractivity contribution is 1.62. The zero-order valence-corrected chi connectivity index (χ0v) is 10.5. The fourth-order valence-corrected chi connectivity index (χ4v) is 4.82. The van der Waals surface area contributed by atoms with Gasteiger partial charge in [-0.05, 0) is 35.3 Å². The van der Waals surface area contributed by atoms with Gasteiger partial charge in [0.2, 0.25) is 0 Å². The molecular formula is C15H15P. The average Bonchev–Trinajstić information content (AvgIpc) is 2.29. The lowest BCUT2D eigenvalue weighted by atomic mass is 10.0. The highest BCUT2D eigenvalue weighted by atomic mass is 31.2. The predicted molar refractivity (Wildman–Crippen MR) is 75.4 cm³/mol. The Bertz CT molecular complexity index is 602. The Hall–Kier alpha value is -1.26. The lowest BCUT2D eigenvalue weighted by Crippen LogP contribution is -2.14. The van der Waals surface area contributed by atoms with E-state index < -0.39 is 6.89 Å². The van der Waals surface area contributed by atoms with E-state index in [4.69, 9.17) is 0 Å². The van der Waals surface area contributed by atoms with Gasteiger partial charge >= 0.3 is 0 Å². The molecule has 1 heterocycles. The highest BCUT2D eigenvalue weighted by molar-refractivity contribution is 7.81. The second kappa shape index (κ2) is 3.37. The SMILES string of the molecule is CP1(C)=Cc2ccccc2-c2ccccc21. The largest absolute Gasteiger partial charge is 0.0819 e. The Morgan fingerprint density at radius 3 is 2.19 bits per heavy atom. The standard InChI is InChI=1S/C15H15P/c1-16(2)11-12-7-3-4-8-13(12)14-9-5-6-10-15(14)16/h3-11H,1-2H3. The molecule has 0 N–H and O–H groups in total. The van der Waals surface area contributed by atoms with Crippen LogP contribution in [0, 0.1) is 0 Å². The van der Waals surface area contributed by atoms with Gasteiger partial charge in [0.1, 0.15) is 0 Å². The van der Waals surface area contributed by atoms with Crippen LogP contribution < -0.4 is 5.30 Å². The lowest BCUT2D eigenvalue weighted by Gasteiger charge is -2.26. The van der Waals surface area contributed by atoms with Crippen molar-refractivity contribution in [3.05, 3.63) is 54.1 Å². The van der Waals surface area contributed by atoms with Crippen molar-refractivity contribution in [2.24, 2.45) is 0 Å². The number of benzene rings is 2. The summed E-state index contributed by atoms with van der Waals surface area (Å²) in [6.45, 7) is 3.70. The summed E-state index contributed by atoms with van der Waals surface area (Å²) in [4.78, 5) is 0. The molecule has 0 atom stereocenters. The van der Waals surface area contributed by atoms with E-state index in [-0.39, 0.29) is 0 Å². The first-order valence-corrected chi connectivity index (χ1v) is 8.32. The van der Waals surface area contributed by atoms with Gasteiger partial charge in [0.05, 0.1) is 0 Å². The zero-order chi connectivity index (χ0) is 11.2. The van der Waals surface area contributed by atoms with Gasteiger partial charge in [0, 0.05) is 0 Å². The van der Waals surface area contributed by atoms with E-state index in [9.17, 15) is 0 Å². The van der Waals surface area contributed by atoms with Crippen LogP contribution >= 0.6 is 6.89 Å². The van der Waals surface area contributed by atoms with Crippen LogP contribution in [0.4, 0.5) is 0 Å². The minimum absolute atomic E-state index is 1.08. The van der Waals surface area contributed by atoms with Crippen LogP contribution in [0.2, 0.25) is 0 Å². The molecule has 2 aromatic rings. The van der Waals surface area contributed by atoms with Gasteiger partial charge in [-0.25, -0.2) is 0 Å². The number of fused-ring (bicyclic) bond motifs is 3. The summed E-state index contributed by atoms with van der Waals surface area (Å²) in [6, 6.07) is 17.5. The van der Waals surface area contributed by atoms with Crippen molar-refractivity contribution in [3.8, 4) is 11.1 Å². The molecule has 1 aliphatic heterocycles. The summed E-state index contributed by atoms with van der Waals surface area (Å²) in [5.74, 6) is 2.48. The molecule has 2 aromatic carbocycles. The average molecular weight is 226 g/mol. The van der Waals surface area contributed by atoms with Gasteiger partial charge in [-0.2, -0.15) is 0 Å². The zero-order valence-electron chi connectivity index (χ0n) is 9.64. The maximum atomic E-state index is 2.48. The first-order valence-electron chi connectivity index (χ1n) is 5.57. The van der Waals surface area contributed by atoms with Gasteiger partial charge in [-0.3, -0.25) is 0 Å². The molecule has 1 heteroatoms. The van der Waals surface area contributed by atoms with Gasteiger partial charge in [0.15, 0.2) is 0 Å². The first-order chi connectivity index (χ1) is 7.68. The number of hydrogen-bond acceptors (Lipinski definition) is 0. The summed E-state index contributed by atoms with van der Waals surface area (Å²) >= 11 is 0. The normalized spacial score (nSPS) is 15.9. The van der Waals surface area contributed by atoms with Crippen LogP contribution in [0.3, 0.4) is 0 Å². The Morgan fingerprint density at radius 1 is 0.750 bits per heavy atom. The van der Waals surface area contributed by atoms with Crippen molar-refractivity contribution < 1.29 is 0 Å². The quantitative estimate of drug-likeness (QED) is 0.604. The summed E-state index contributed by atoms with van der Waals surface area (Å²) in [5, 5.41) is 1.54. The number of rotatable bonds is 0. The molecule has 0 aliphatic carbocycles. The molecule has 0 aromatic heterocycles. The summed E-state index contributed by atoms with van der Waals surface area (Å²) in [5.41, 5.74) is 4.22. The smallest absolute Gasteiger partial charge is 0.0102 e. The topological polar surface area (TPSA) is 0 Å². The molecule has 3 rings (SSSR count). The van der Waals surface area contributed by atoms with Crippen molar-refractivity contribution in [1.29, 1.82) is 0 Å². The van der Waals surface area contributed by atoms with E-state index in [0.29, 0.717) is 0 Å². The molecule has 0 fully saturated rings. The Balaban J connectivity index is 2.45. The maximum absolute atomic E-state index is 2.48. The van der Waals surface area contributed by atoms with E-state index in [1.807, 2.05) is 0 Å². The van der Waals surface area contributed by atoms with Crippen LogP contribution in [0.15, 0.2) is 48.5 Å². The van der Waals surface area contributed by atoms with Crippen LogP contribution in [-0.4, -0.2) is 19.1 Å².